The lowest BCUT2D eigenvalue weighted by Gasteiger charge is -2.38. The zero-order chi connectivity index (χ0) is 46.6. The number of amides is 4. The van der Waals surface area contributed by atoms with E-state index < -0.39 is 0 Å². The molecular formula is C53H59Br2Cl2N7O3. The Kier molecular flexibility index (Phi) is 15.5. The number of hydrogen-bond donors (Lipinski definition) is 2. The fraction of sp³-hybridized carbons (Fsp3) is 0.453. The van der Waals surface area contributed by atoms with Crippen LogP contribution in [-0.4, -0.2) is 94.9 Å². The fourth-order valence-corrected chi connectivity index (χ4v) is 12.5. The number of carbonyl (C=O) groups is 3. The number of nitrogens with zero attached hydrogens (tertiary/aromatic N) is 5. The Morgan fingerprint density at radius 2 is 0.970 bits per heavy atom. The van der Waals surface area contributed by atoms with E-state index in [4.69, 9.17) is 38.9 Å². The van der Waals surface area contributed by atoms with Crippen molar-refractivity contribution in [3.63, 3.8) is 0 Å². The van der Waals surface area contributed by atoms with Crippen molar-refractivity contribution in [2.24, 2.45) is 29.4 Å². The Hall–Kier alpha value is -4.07. The zero-order valence-corrected chi connectivity index (χ0v) is 42.5. The second-order valence-electron chi connectivity index (χ2n) is 19.2. The molecule has 4 aromatic rings. The number of primary amides is 1. The second-order valence-corrected chi connectivity index (χ2v) is 21.9. The van der Waals surface area contributed by atoms with Crippen LogP contribution < -0.4 is 11.1 Å². The molecule has 10 nitrogen and oxygen atoms in total. The number of benzene rings is 2. The first-order valence-corrected chi connectivity index (χ1v) is 26.4. The minimum Gasteiger partial charge on any atom is -0.351 e. The van der Waals surface area contributed by atoms with Gasteiger partial charge in [0.1, 0.15) is 0 Å². The molecule has 0 bridgehead atoms. The Morgan fingerprint density at radius 3 is 1.40 bits per heavy atom. The molecule has 0 radical (unpaired) electrons. The third-order valence-corrected chi connectivity index (χ3v) is 16.5. The maximum atomic E-state index is 13.1. The molecule has 6 aliphatic rings. The summed E-state index contributed by atoms with van der Waals surface area (Å²) in [6.45, 7) is 6.60. The van der Waals surface area contributed by atoms with Gasteiger partial charge in [-0.1, -0.05) is 59.6 Å². The van der Waals surface area contributed by atoms with E-state index in [0.717, 1.165) is 138 Å². The van der Waals surface area contributed by atoms with E-state index in [9.17, 15) is 14.4 Å². The molecule has 2 aromatic carbocycles. The van der Waals surface area contributed by atoms with Crippen molar-refractivity contribution in [2.75, 3.05) is 52.4 Å². The highest BCUT2D eigenvalue weighted by molar-refractivity contribution is 9.10. The Labute approximate surface area is 421 Å². The quantitative estimate of drug-likeness (QED) is 0.198. The largest absolute Gasteiger partial charge is 0.351 e. The lowest BCUT2D eigenvalue weighted by molar-refractivity contribution is -0.134. The molecule has 4 fully saturated rings. The van der Waals surface area contributed by atoms with Gasteiger partial charge in [0.25, 0.3) is 0 Å². The highest BCUT2D eigenvalue weighted by Gasteiger charge is 2.37. The van der Waals surface area contributed by atoms with E-state index in [1.807, 2.05) is 35.5 Å². The SMILES string of the molecule is NC(=O)N1CCC(CC(=O)N2CCC(C3c4ccc(Cl)cc4C=Cc4cc(Br)cnc43)CC2)CC1.O=C(CC1CCNCC1)N1CCC(C2c3ccc(Cl)cc3C=Cc3cc(Br)cnc32)CC1. The third-order valence-electron chi connectivity index (χ3n) is 15.1. The number of piperidine rings is 4. The number of likely N-dealkylation sites (tertiary alicyclic amines) is 3. The van der Waals surface area contributed by atoms with Crippen LogP contribution >= 0.6 is 55.1 Å². The standard InChI is InChI=1S/C27H30BrClN4O2.C26H29BrClN3O/c28-21-14-20-2-1-19-15-22(29)3-4-23(19)25(26(20)31-16-21)18-7-11-32(12-8-18)24(34)13-17-5-9-33(10-6-17)27(30)35;27-21-14-20-2-1-19-15-22(28)3-4-23(19)25(26(20)30-16-21)18-7-11-31(12-8-18)24(32)13-17-5-9-29-10-6-17/h1-4,14-18,25H,5-13H2,(H2,30,35);1-4,14-18,25,29H,5-13H2. The molecule has 2 unspecified atom stereocenters. The van der Waals surface area contributed by atoms with Gasteiger partial charge in [-0.2, -0.15) is 0 Å². The van der Waals surface area contributed by atoms with E-state index in [1.165, 1.54) is 16.7 Å². The average molecular weight is 1070 g/mol. The highest BCUT2D eigenvalue weighted by atomic mass is 79.9. The molecule has 4 amide bonds. The minimum atomic E-state index is -0.363. The van der Waals surface area contributed by atoms with Crippen LogP contribution in [0.15, 0.2) is 69.9 Å². The summed E-state index contributed by atoms with van der Waals surface area (Å²) in [5.74, 6) is 2.66. The van der Waals surface area contributed by atoms with Gasteiger partial charge in [0.05, 0.1) is 11.4 Å². The van der Waals surface area contributed by atoms with Crippen molar-refractivity contribution in [3.05, 3.63) is 125 Å². The van der Waals surface area contributed by atoms with Gasteiger partial charge in [-0.3, -0.25) is 19.6 Å². The molecule has 14 heteroatoms. The predicted molar refractivity (Wildman–Crippen MR) is 276 cm³/mol. The number of nitrogens with two attached hydrogens (primary N) is 1. The number of fused-ring (bicyclic) bond motifs is 4. The van der Waals surface area contributed by atoms with Crippen molar-refractivity contribution in [2.45, 2.75) is 76.0 Å². The van der Waals surface area contributed by atoms with Gasteiger partial charge in [-0.25, -0.2) is 4.79 Å². The van der Waals surface area contributed by atoms with Gasteiger partial charge in [0.2, 0.25) is 11.8 Å². The molecule has 6 heterocycles. The summed E-state index contributed by atoms with van der Waals surface area (Å²) in [4.78, 5) is 52.9. The van der Waals surface area contributed by atoms with Crippen LogP contribution in [0.2, 0.25) is 10.0 Å². The monoisotopic (exact) mass is 1070 g/mol. The maximum absolute atomic E-state index is 13.1. The normalized spacial score (nSPS) is 21.2. The number of hydrogen-bond acceptors (Lipinski definition) is 6. The van der Waals surface area contributed by atoms with Crippen molar-refractivity contribution in [1.29, 1.82) is 0 Å². The van der Waals surface area contributed by atoms with Crippen LogP contribution in [0.1, 0.15) is 121 Å². The van der Waals surface area contributed by atoms with Gasteiger partial charge in [0.15, 0.2) is 0 Å². The molecule has 0 spiro atoms. The number of nitrogens with one attached hydrogen (secondary N) is 1. The van der Waals surface area contributed by atoms with E-state index in [0.29, 0.717) is 55.5 Å². The van der Waals surface area contributed by atoms with Crippen LogP contribution in [0, 0.1) is 23.7 Å². The molecule has 4 aliphatic heterocycles. The fourth-order valence-electron chi connectivity index (χ4n) is 11.4. The molecule has 352 valence electrons. The van der Waals surface area contributed by atoms with Crippen molar-refractivity contribution in [1.82, 2.24) is 30.0 Å². The summed E-state index contributed by atoms with van der Waals surface area (Å²) >= 11 is 19.8. The van der Waals surface area contributed by atoms with Gasteiger partial charge >= 0.3 is 6.03 Å². The van der Waals surface area contributed by atoms with Crippen LogP contribution in [-0.2, 0) is 9.59 Å². The van der Waals surface area contributed by atoms with Crippen molar-refractivity contribution in [3.8, 4) is 0 Å². The van der Waals surface area contributed by atoms with Crippen LogP contribution in [0.5, 0.6) is 0 Å². The maximum Gasteiger partial charge on any atom is 0.314 e. The third kappa shape index (κ3) is 11.4. The van der Waals surface area contributed by atoms with Gasteiger partial charge in [-0.05, 0) is 190 Å². The van der Waals surface area contributed by atoms with E-state index in [-0.39, 0.29) is 23.8 Å². The van der Waals surface area contributed by atoms with E-state index >= 15 is 0 Å². The first-order valence-electron chi connectivity index (χ1n) is 24.0. The highest BCUT2D eigenvalue weighted by Crippen LogP contribution is 2.45. The smallest absolute Gasteiger partial charge is 0.314 e. The first kappa shape index (κ1) is 48.0. The lowest BCUT2D eigenvalue weighted by atomic mass is 9.76. The molecule has 2 atom stereocenters. The number of halogens is 4. The molecular weight excluding hydrogens is 1010 g/mol. The predicted octanol–water partition coefficient (Wildman–Crippen LogP) is 11.3. The van der Waals surface area contributed by atoms with Crippen LogP contribution in [0.3, 0.4) is 0 Å². The number of aromatic nitrogens is 2. The number of carbonyl (C=O) groups excluding carboxylic acids is 3. The summed E-state index contributed by atoms with van der Waals surface area (Å²) in [6.07, 6.45) is 21.4. The topological polar surface area (TPSA) is 125 Å². The summed E-state index contributed by atoms with van der Waals surface area (Å²) in [5.41, 5.74) is 14.7. The molecule has 4 saturated heterocycles. The summed E-state index contributed by atoms with van der Waals surface area (Å²) in [7, 11) is 0. The van der Waals surface area contributed by atoms with Crippen molar-refractivity contribution < 1.29 is 14.4 Å². The molecule has 3 N–H and O–H groups in total. The van der Waals surface area contributed by atoms with Gasteiger partial charge in [0, 0.05) is 95.3 Å². The van der Waals surface area contributed by atoms with Crippen LogP contribution in [0.25, 0.3) is 24.3 Å². The molecule has 67 heavy (non-hydrogen) atoms. The minimum absolute atomic E-state index is 0.163. The second kappa shape index (κ2) is 21.7. The number of pyridine rings is 2. The zero-order valence-electron chi connectivity index (χ0n) is 37.8. The summed E-state index contributed by atoms with van der Waals surface area (Å²) < 4.78 is 1.95. The molecule has 2 aliphatic carbocycles. The van der Waals surface area contributed by atoms with Crippen LogP contribution in [0.4, 0.5) is 4.79 Å². The Bertz CT molecular complexity index is 2410. The average Bonchev–Trinajstić information content (AvgIpc) is 3.59. The summed E-state index contributed by atoms with van der Waals surface area (Å²) in [5, 5.41) is 4.88. The van der Waals surface area contributed by atoms with E-state index in [2.05, 4.69) is 96.7 Å². The van der Waals surface area contributed by atoms with E-state index in [1.54, 1.807) is 4.90 Å². The Morgan fingerprint density at radius 1 is 0.567 bits per heavy atom. The first-order chi connectivity index (χ1) is 32.5. The molecule has 2 aromatic heterocycles. The Balaban J connectivity index is 0.000000169. The molecule has 0 saturated carbocycles. The van der Waals surface area contributed by atoms with Crippen molar-refractivity contribution >= 4 is 97.2 Å². The van der Waals surface area contributed by atoms with Gasteiger partial charge < -0.3 is 25.8 Å². The number of rotatable bonds is 6. The molecule has 10 rings (SSSR count). The number of urea groups is 1. The van der Waals surface area contributed by atoms with Gasteiger partial charge in [-0.15, -0.1) is 0 Å². The summed E-state index contributed by atoms with van der Waals surface area (Å²) in [6, 6.07) is 16.3. The lowest BCUT2D eigenvalue weighted by Crippen LogP contribution is -2.44.